The predicted octanol–water partition coefficient (Wildman–Crippen LogP) is 4.76. The maximum absolute atomic E-state index is 12.8. The SMILES string of the molecule is Oc1ccc2c3c1O[C@H]1c4ncc(-c5ccc(I)cc5)cc4C[C@@]4(O)[C@H](C2)N(CC2CC2)CC[C@]314. The molecule has 2 fully saturated rings. The molecular formula is C29H27IN2O3. The number of phenolic OH excluding ortho intramolecular Hbond substituents is 1. The molecule has 4 atom stereocenters. The van der Waals surface area contributed by atoms with Gasteiger partial charge in [0, 0.05) is 39.9 Å². The number of ether oxygens (including phenoxy) is 1. The van der Waals surface area contributed by atoms with Gasteiger partial charge >= 0.3 is 0 Å². The van der Waals surface area contributed by atoms with Crippen molar-refractivity contribution in [2.75, 3.05) is 13.1 Å². The lowest BCUT2D eigenvalue weighted by Gasteiger charge is -2.63. The first kappa shape index (κ1) is 21.0. The number of likely N-dealkylation sites (tertiary alicyclic amines) is 1. The van der Waals surface area contributed by atoms with Crippen LogP contribution >= 0.6 is 22.6 Å². The topological polar surface area (TPSA) is 65.8 Å². The smallest absolute Gasteiger partial charge is 0.166 e. The van der Waals surface area contributed by atoms with E-state index in [2.05, 4.69) is 63.9 Å². The highest BCUT2D eigenvalue weighted by Gasteiger charge is 2.72. The van der Waals surface area contributed by atoms with Crippen LogP contribution < -0.4 is 4.74 Å². The molecule has 5 aliphatic rings. The van der Waals surface area contributed by atoms with Gasteiger partial charge in [0.05, 0.1) is 16.7 Å². The molecule has 3 heterocycles. The van der Waals surface area contributed by atoms with E-state index in [1.54, 1.807) is 6.07 Å². The molecule has 1 aromatic heterocycles. The molecule has 178 valence electrons. The second kappa shape index (κ2) is 6.99. The average molecular weight is 578 g/mol. The summed E-state index contributed by atoms with van der Waals surface area (Å²) in [6.07, 6.45) is 6.35. The standard InChI is InChI=1S/C29H27IN2O3/c30-21-6-3-17(4-7-21)20-11-19-13-29(34)23-12-18-5-8-22(33)26-24(18)28(29,27(35-26)25(19)31-14-20)9-10-32(23)15-16-1-2-16/h3-8,11,14,16,23,27,33-34H,1-2,9-10,12-13,15H2/t23-,27-,28-,29+/m0/s1. The maximum Gasteiger partial charge on any atom is 0.166 e. The Hall–Kier alpha value is -2.16. The number of aromatic nitrogens is 1. The first-order chi connectivity index (χ1) is 17.0. The van der Waals surface area contributed by atoms with E-state index < -0.39 is 11.0 Å². The van der Waals surface area contributed by atoms with E-state index in [1.165, 1.54) is 22.0 Å². The van der Waals surface area contributed by atoms with Crippen molar-refractivity contribution in [3.05, 3.63) is 74.6 Å². The van der Waals surface area contributed by atoms with Crippen LogP contribution in [-0.2, 0) is 18.3 Å². The molecule has 2 N–H and O–H groups in total. The van der Waals surface area contributed by atoms with Gasteiger partial charge in [0.2, 0.25) is 0 Å². The van der Waals surface area contributed by atoms with Gasteiger partial charge in [-0.3, -0.25) is 9.88 Å². The lowest BCUT2D eigenvalue weighted by molar-refractivity contribution is -0.173. The van der Waals surface area contributed by atoms with Gasteiger partial charge in [0.15, 0.2) is 17.6 Å². The van der Waals surface area contributed by atoms with Gasteiger partial charge in [-0.2, -0.15) is 0 Å². The van der Waals surface area contributed by atoms with Crippen LogP contribution in [0.4, 0.5) is 0 Å². The molecule has 3 aromatic rings. The normalized spacial score (nSPS) is 32.1. The summed E-state index contributed by atoms with van der Waals surface area (Å²) < 4.78 is 7.80. The summed E-state index contributed by atoms with van der Waals surface area (Å²) in [4.78, 5) is 7.54. The molecule has 1 saturated heterocycles. The molecule has 35 heavy (non-hydrogen) atoms. The summed E-state index contributed by atoms with van der Waals surface area (Å²) in [5.41, 5.74) is 4.91. The number of halogens is 1. The Morgan fingerprint density at radius 1 is 1.09 bits per heavy atom. The van der Waals surface area contributed by atoms with Crippen molar-refractivity contribution in [1.82, 2.24) is 9.88 Å². The Kier molecular flexibility index (Phi) is 4.19. The van der Waals surface area contributed by atoms with Gasteiger partial charge in [-0.15, -0.1) is 0 Å². The number of rotatable bonds is 3. The summed E-state index contributed by atoms with van der Waals surface area (Å²) in [5.74, 6) is 1.51. The van der Waals surface area contributed by atoms with Crippen LogP contribution in [0.1, 0.15) is 47.8 Å². The minimum Gasteiger partial charge on any atom is -0.504 e. The number of pyridine rings is 1. The van der Waals surface area contributed by atoms with Crippen LogP contribution in [0.5, 0.6) is 11.5 Å². The first-order valence-electron chi connectivity index (χ1n) is 12.7. The van der Waals surface area contributed by atoms with E-state index in [0.717, 1.165) is 59.8 Å². The van der Waals surface area contributed by atoms with Crippen LogP contribution in [0.2, 0.25) is 0 Å². The summed E-state index contributed by atoms with van der Waals surface area (Å²) in [5, 5.41) is 23.6. The third kappa shape index (κ3) is 2.68. The number of fused-ring (bicyclic) bond motifs is 2. The number of hydrogen-bond donors (Lipinski definition) is 2. The third-order valence-electron chi connectivity index (χ3n) is 9.40. The quantitative estimate of drug-likeness (QED) is 0.439. The zero-order chi connectivity index (χ0) is 23.5. The van der Waals surface area contributed by atoms with Crippen LogP contribution in [-0.4, -0.2) is 44.8 Å². The van der Waals surface area contributed by atoms with Crippen LogP contribution in [0.3, 0.4) is 0 Å². The molecule has 1 saturated carbocycles. The van der Waals surface area contributed by atoms with Crippen LogP contribution in [0.25, 0.3) is 11.1 Å². The second-order valence-electron chi connectivity index (χ2n) is 11.2. The Labute approximate surface area is 218 Å². The predicted molar refractivity (Wildman–Crippen MR) is 141 cm³/mol. The van der Waals surface area contributed by atoms with Crippen molar-refractivity contribution in [1.29, 1.82) is 0 Å². The lowest BCUT2D eigenvalue weighted by Crippen LogP contribution is -2.74. The van der Waals surface area contributed by atoms with Crippen molar-refractivity contribution in [2.24, 2.45) is 5.92 Å². The molecule has 2 aliphatic heterocycles. The number of aliphatic hydroxyl groups is 1. The van der Waals surface area contributed by atoms with Crippen molar-refractivity contribution in [3.8, 4) is 22.6 Å². The fourth-order valence-electron chi connectivity index (χ4n) is 7.64. The Bertz CT molecular complexity index is 1390. The van der Waals surface area contributed by atoms with Crippen molar-refractivity contribution in [2.45, 2.75) is 55.3 Å². The van der Waals surface area contributed by atoms with Crippen molar-refractivity contribution >= 4 is 22.6 Å². The van der Waals surface area contributed by atoms with E-state index in [1.807, 2.05) is 6.20 Å². The molecule has 3 aliphatic carbocycles. The van der Waals surface area contributed by atoms with E-state index in [9.17, 15) is 10.2 Å². The number of benzene rings is 2. The van der Waals surface area contributed by atoms with E-state index in [4.69, 9.17) is 9.72 Å². The van der Waals surface area contributed by atoms with E-state index in [0.29, 0.717) is 12.2 Å². The van der Waals surface area contributed by atoms with Gasteiger partial charge < -0.3 is 14.9 Å². The fraction of sp³-hybridized carbons (Fsp3) is 0.414. The van der Waals surface area contributed by atoms with Gasteiger partial charge in [0.1, 0.15) is 0 Å². The molecule has 0 amide bonds. The largest absolute Gasteiger partial charge is 0.504 e. The molecule has 0 unspecified atom stereocenters. The summed E-state index contributed by atoms with van der Waals surface area (Å²) in [7, 11) is 0. The summed E-state index contributed by atoms with van der Waals surface area (Å²) in [6.45, 7) is 2.02. The van der Waals surface area contributed by atoms with Crippen molar-refractivity contribution < 1.29 is 14.9 Å². The fourth-order valence-corrected chi connectivity index (χ4v) is 8.00. The lowest BCUT2D eigenvalue weighted by atomic mass is 9.49. The Balaban J connectivity index is 1.32. The summed E-state index contributed by atoms with van der Waals surface area (Å²) in [6, 6.07) is 14.5. The Morgan fingerprint density at radius 3 is 2.71 bits per heavy atom. The average Bonchev–Trinajstić information content (AvgIpc) is 3.59. The number of phenols is 1. The number of nitrogens with zero attached hydrogens (tertiary/aromatic N) is 2. The molecule has 8 rings (SSSR count). The zero-order valence-corrected chi connectivity index (χ0v) is 21.5. The third-order valence-corrected chi connectivity index (χ3v) is 10.1. The highest BCUT2D eigenvalue weighted by molar-refractivity contribution is 14.1. The highest BCUT2D eigenvalue weighted by Crippen LogP contribution is 2.68. The first-order valence-corrected chi connectivity index (χ1v) is 13.8. The summed E-state index contributed by atoms with van der Waals surface area (Å²) >= 11 is 2.32. The number of piperidine rings is 1. The number of aromatic hydroxyl groups is 1. The van der Waals surface area contributed by atoms with Gasteiger partial charge in [-0.25, -0.2) is 0 Å². The van der Waals surface area contributed by atoms with Crippen LogP contribution in [0.15, 0.2) is 48.7 Å². The molecular weight excluding hydrogens is 551 g/mol. The van der Waals surface area contributed by atoms with Gasteiger partial charge in [-0.1, -0.05) is 18.2 Å². The maximum atomic E-state index is 12.8. The van der Waals surface area contributed by atoms with E-state index >= 15 is 0 Å². The Morgan fingerprint density at radius 2 is 1.91 bits per heavy atom. The molecule has 2 aromatic carbocycles. The highest BCUT2D eigenvalue weighted by atomic mass is 127. The zero-order valence-electron chi connectivity index (χ0n) is 19.4. The van der Waals surface area contributed by atoms with Crippen molar-refractivity contribution in [3.63, 3.8) is 0 Å². The molecule has 2 bridgehead atoms. The number of hydrogen-bond acceptors (Lipinski definition) is 5. The van der Waals surface area contributed by atoms with Crippen LogP contribution in [0, 0.1) is 9.49 Å². The second-order valence-corrected chi connectivity index (χ2v) is 12.4. The van der Waals surface area contributed by atoms with E-state index in [-0.39, 0.29) is 17.9 Å². The molecule has 5 nitrogen and oxygen atoms in total. The monoisotopic (exact) mass is 578 g/mol. The minimum absolute atomic E-state index is 0.0426. The van der Waals surface area contributed by atoms with Gasteiger partial charge in [0.25, 0.3) is 0 Å². The molecule has 6 heteroatoms. The molecule has 1 spiro atoms. The molecule has 0 radical (unpaired) electrons. The minimum atomic E-state index is -0.962. The van der Waals surface area contributed by atoms with Gasteiger partial charge in [-0.05, 0) is 102 Å².